The number of aliphatic hydroxyl groups is 1. The zero-order chi connectivity index (χ0) is 41.8. The number of hydrogen-bond donors (Lipinski definition) is 2. The molecule has 8 unspecified atom stereocenters. The SMILES string of the molecule is CO.COCCNCCN(CCC12CCC3C(CCC4C3(C)CCC3C(C)(C)C(OC(=O)CC(C)(C)C=O)CCC34C)C1=C(C(C)C)C(=O)C2)Cc1ccccn1. The molecule has 9 nitrogen and oxygen atoms in total. The van der Waals surface area contributed by atoms with Crippen LogP contribution < -0.4 is 5.32 Å². The molecular formula is C48H77N3O6. The lowest BCUT2D eigenvalue weighted by atomic mass is 9.36. The number of aliphatic hydroxyl groups excluding tert-OH is 1. The second-order valence-corrected chi connectivity index (χ2v) is 20.6. The zero-order valence-corrected chi connectivity index (χ0v) is 37.3. The Bertz CT molecular complexity index is 1570. The number of ketones is 1. The third-order valence-electron chi connectivity index (χ3n) is 16.0. The van der Waals surface area contributed by atoms with Gasteiger partial charge in [-0.25, -0.2) is 0 Å². The van der Waals surface area contributed by atoms with Gasteiger partial charge in [0.1, 0.15) is 12.4 Å². The fourth-order valence-electron chi connectivity index (χ4n) is 13.4. The van der Waals surface area contributed by atoms with E-state index in [9.17, 15) is 14.4 Å². The Morgan fingerprint density at radius 2 is 1.74 bits per heavy atom. The van der Waals surface area contributed by atoms with Crippen molar-refractivity contribution >= 4 is 18.0 Å². The minimum Gasteiger partial charge on any atom is -0.462 e. The number of carbonyl (C=O) groups is 3. The van der Waals surface area contributed by atoms with Crippen molar-refractivity contribution in [2.24, 2.45) is 56.7 Å². The highest BCUT2D eigenvalue weighted by atomic mass is 16.5. The van der Waals surface area contributed by atoms with Gasteiger partial charge in [0.25, 0.3) is 0 Å². The molecule has 8 atom stereocenters. The monoisotopic (exact) mass is 792 g/mol. The first-order valence-corrected chi connectivity index (χ1v) is 22.2. The van der Waals surface area contributed by atoms with Crippen LogP contribution in [0.1, 0.15) is 132 Å². The van der Waals surface area contributed by atoms with Crippen LogP contribution in [0.5, 0.6) is 0 Å². The van der Waals surface area contributed by atoms with E-state index in [4.69, 9.17) is 14.6 Å². The van der Waals surface area contributed by atoms with E-state index in [1.165, 1.54) is 31.3 Å². The summed E-state index contributed by atoms with van der Waals surface area (Å²) in [6.07, 6.45) is 13.5. The zero-order valence-electron chi connectivity index (χ0n) is 37.3. The van der Waals surface area contributed by atoms with Gasteiger partial charge >= 0.3 is 5.97 Å². The molecule has 0 aliphatic heterocycles. The Morgan fingerprint density at radius 1 is 1.00 bits per heavy atom. The molecule has 0 saturated heterocycles. The predicted molar refractivity (Wildman–Crippen MR) is 226 cm³/mol. The summed E-state index contributed by atoms with van der Waals surface area (Å²) in [5, 5.41) is 10.5. The number of pyridine rings is 1. The summed E-state index contributed by atoms with van der Waals surface area (Å²) in [7, 11) is 2.74. The minimum absolute atomic E-state index is 0.0453. The van der Waals surface area contributed by atoms with Crippen LogP contribution in [0.25, 0.3) is 0 Å². The Balaban J connectivity index is 0.00000305. The molecule has 320 valence electrons. The Labute approximate surface area is 344 Å². The standard InChI is InChI=1S/C47H73N3O5.CH4O/c1-32(2)41-36(52)28-47(21-25-50(26-23-48-24-27-54-9)30-33-12-10-11-22-49-33)20-15-35-34(42(41)47)13-14-38-45(35,7)18-16-37-44(5,6)39(17-19-46(37,38)8)55-40(53)29-43(3,4)31-51;1-2/h10-12,22,31-32,34-35,37-39,48H,13-21,23-30H2,1-9H3;2H,1H3. The lowest BCUT2D eigenvalue weighted by molar-refractivity contribution is -0.213. The maximum atomic E-state index is 14.2. The molecule has 0 amide bonds. The quantitative estimate of drug-likeness (QED) is 0.0970. The largest absolute Gasteiger partial charge is 0.462 e. The molecule has 0 spiro atoms. The molecule has 0 aromatic carbocycles. The number of ether oxygens (including phenoxy) is 2. The van der Waals surface area contributed by atoms with Crippen LogP contribution in [-0.4, -0.2) is 86.1 Å². The molecule has 2 N–H and O–H groups in total. The van der Waals surface area contributed by atoms with Gasteiger partial charge in [0.15, 0.2) is 5.78 Å². The molecular weight excluding hydrogens is 715 g/mol. The first-order valence-electron chi connectivity index (χ1n) is 22.2. The van der Waals surface area contributed by atoms with Gasteiger partial charge < -0.3 is 24.7 Å². The van der Waals surface area contributed by atoms with Crippen molar-refractivity contribution in [1.82, 2.24) is 15.2 Å². The Kier molecular flexibility index (Phi) is 14.8. The summed E-state index contributed by atoms with van der Waals surface area (Å²) in [5.74, 6) is 2.55. The van der Waals surface area contributed by atoms with Gasteiger partial charge in [-0.05, 0) is 122 Å². The summed E-state index contributed by atoms with van der Waals surface area (Å²) in [5.41, 5.74) is 3.34. The van der Waals surface area contributed by atoms with Crippen LogP contribution in [0.3, 0.4) is 0 Å². The highest BCUT2D eigenvalue weighted by Crippen LogP contribution is 2.73. The topological polar surface area (TPSA) is 118 Å². The van der Waals surface area contributed by atoms with Crippen molar-refractivity contribution in [1.29, 1.82) is 0 Å². The van der Waals surface area contributed by atoms with Gasteiger partial charge in [0.05, 0.1) is 18.7 Å². The van der Waals surface area contributed by atoms with Crippen LogP contribution in [0.2, 0.25) is 0 Å². The lowest BCUT2D eigenvalue weighted by Crippen LogP contribution is -2.63. The molecule has 0 bridgehead atoms. The van der Waals surface area contributed by atoms with E-state index in [2.05, 4.69) is 68.9 Å². The Morgan fingerprint density at radius 3 is 2.40 bits per heavy atom. The fraction of sp³-hybridized carbons (Fsp3) is 0.792. The van der Waals surface area contributed by atoms with Crippen LogP contribution in [-0.2, 0) is 30.4 Å². The molecule has 1 aromatic rings. The summed E-state index contributed by atoms with van der Waals surface area (Å²) in [4.78, 5) is 46.1. The highest BCUT2D eigenvalue weighted by Gasteiger charge is 2.66. The molecule has 4 saturated carbocycles. The van der Waals surface area contributed by atoms with E-state index >= 15 is 0 Å². The number of hydrogen-bond acceptors (Lipinski definition) is 9. The summed E-state index contributed by atoms with van der Waals surface area (Å²) >= 11 is 0. The van der Waals surface area contributed by atoms with Crippen molar-refractivity contribution in [2.75, 3.05) is 47.0 Å². The maximum absolute atomic E-state index is 14.2. The molecule has 4 fully saturated rings. The average Bonchev–Trinajstić information content (AvgIpc) is 3.48. The molecule has 5 aliphatic rings. The molecule has 0 radical (unpaired) electrons. The molecule has 9 heteroatoms. The minimum atomic E-state index is -0.706. The lowest BCUT2D eigenvalue weighted by Gasteiger charge is -2.69. The second-order valence-electron chi connectivity index (χ2n) is 20.6. The number of rotatable bonds is 16. The maximum Gasteiger partial charge on any atom is 0.307 e. The average molecular weight is 792 g/mol. The van der Waals surface area contributed by atoms with Gasteiger partial charge in [-0.2, -0.15) is 0 Å². The van der Waals surface area contributed by atoms with E-state index < -0.39 is 5.41 Å². The summed E-state index contributed by atoms with van der Waals surface area (Å²) in [6, 6.07) is 6.19. The number of carbonyl (C=O) groups excluding carboxylic acids is 3. The van der Waals surface area contributed by atoms with E-state index in [1.807, 2.05) is 26.1 Å². The van der Waals surface area contributed by atoms with Gasteiger partial charge in [0, 0.05) is 69.3 Å². The first kappa shape index (κ1) is 45.6. The molecule has 1 aromatic heterocycles. The van der Waals surface area contributed by atoms with Crippen LogP contribution in [0.4, 0.5) is 0 Å². The van der Waals surface area contributed by atoms with Crippen molar-refractivity contribution < 1.29 is 29.0 Å². The smallest absolute Gasteiger partial charge is 0.307 e. The fourth-order valence-corrected chi connectivity index (χ4v) is 13.4. The first-order chi connectivity index (χ1) is 27.0. The summed E-state index contributed by atoms with van der Waals surface area (Å²) < 4.78 is 11.5. The van der Waals surface area contributed by atoms with Crippen molar-refractivity contribution in [3.8, 4) is 0 Å². The van der Waals surface area contributed by atoms with Crippen molar-refractivity contribution in [3.63, 3.8) is 0 Å². The number of methoxy groups -OCH3 is 1. The normalized spacial score (nSPS) is 33.1. The van der Waals surface area contributed by atoms with Crippen LogP contribution in [0.15, 0.2) is 35.5 Å². The number of aromatic nitrogens is 1. The number of esters is 1. The van der Waals surface area contributed by atoms with Crippen LogP contribution >= 0.6 is 0 Å². The third kappa shape index (κ3) is 9.17. The number of fused-ring (bicyclic) bond motifs is 7. The van der Waals surface area contributed by atoms with E-state index in [0.29, 0.717) is 42.5 Å². The molecule has 5 aliphatic carbocycles. The van der Waals surface area contributed by atoms with E-state index in [0.717, 1.165) is 83.9 Å². The highest BCUT2D eigenvalue weighted by molar-refractivity contribution is 6.00. The number of Topliss-reactive ketones (excluding diaryl/α,β-unsaturated/α-hetero) is 1. The predicted octanol–water partition coefficient (Wildman–Crippen LogP) is 8.24. The number of allylic oxidation sites excluding steroid dienone is 2. The van der Waals surface area contributed by atoms with Gasteiger partial charge in [-0.3, -0.25) is 19.5 Å². The van der Waals surface area contributed by atoms with Crippen LogP contribution in [0, 0.1) is 56.7 Å². The molecule has 57 heavy (non-hydrogen) atoms. The van der Waals surface area contributed by atoms with E-state index in [1.54, 1.807) is 12.7 Å². The number of aldehydes is 1. The van der Waals surface area contributed by atoms with Crippen molar-refractivity contribution in [3.05, 3.63) is 41.2 Å². The van der Waals surface area contributed by atoms with E-state index in [-0.39, 0.29) is 46.1 Å². The van der Waals surface area contributed by atoms with Crippen molar-refractivity contribution in [2.45, 2.75) is 139 Å². The summed E-state index contributed by atoms with van der Waals surface area (Å²) in [6.45, 7) is 23.2. The second kappa shape index (κ2) is 18.4. The van der Waals surface area contributed by atoms with Gasteiger partial charge in [-0.1, -0.05) is 67.0 Å². The molecule has 6 rings (SSSR count). The van der Waals surface area contributed by atoms with Gasteiger partial charge in [0.2, 0.25) is 0 Å². The molecule has 1 heterocycles. The third-order valence-corrected chi connectivity index (χ3v) is 16.0. The number of nitrogens with one attached hydrogen (secondary N) is 1. The Hall–Kier alpha value is -2.46. The number of nitrogens with zero attached hydrogens (tertiary/aromatic N) is 2. The van der Waals surface area contributed by atoms with Gasteiger partial charge in [-0.15, -0.1) is 0 Å².